The summed E-state index contributed by atoms with van der Waals surface area (Å²) in [6.45, 7) is 0.685. The van der Waals surface area contributed by atoms with Gasteiger partial charge < -0.3 is 10.1 Å². The summed E-state index contributed by atoms with van der Waals surface area (Å²) in [6, 6.07) is 9.87. The average Bonchev–Trinajstić information content (AvgIpc) is 2.59. The summed E-state index contributed by atoms with van der Waals surface area (Å²) in [5.41, 5.74) is 1.17. The van der Waals surface area contributed by atoms with E-state index < -0.39 is 0 Å². The van der Waals surface area contributed by atoms with E-state index in [1.165, 1.54) is 5.70 Å². The minimum absolute atomic E-state index is 0.685. The highest BCUT2D eigenvalue weighted by molar-refractivity contribution is 5.22. The zero-order valence-corrected chi connectivity index (χ0v) is 9.10. The summed E-state index contributed by atoms with van der Waals surface area (Å²) in [6.07, 6.45) is 10.9. The highest BCUT2D eigenvalue weighted by Crippen LogP contribution is 2.10. The first-order valence-corrected chi connectivity index (χ1v) is 5.42. The van der Waals surface area contributed by atoms with Crippen LogP contribution in [-0.4, -0.2) is 6.61 Å². The van der Waals surface area contributed by atoms with Crippen LogP contribution in [0.15, 0.2) is 66.5 Å². The Hall–Kier alpha value is -1.96. The molecule has 0 unspecified atom stereocenters. The van der Waals surface area contributed by atoms with Crippen LogP contribution in [0.2, 0.25) is 0 Å². The van der Waals surface area contributed by atoms with E-state index in [-0.39, 0.29) is 0 Å². The maximum Gasteiger partial charge on any atom is 0.119 e. The maximum atomic E-state index is 5.62. The van der Waals surface area contributed by atoms with Crippen molar-refractivity contribution in [2.45, 2.75) is 6.42 Å². The third-order valence-electron chi connectivity index (χ3n) is 2.27. The molecular weight excluding hydrogens is 198 g/mol. The van der Waals surface area contributed by atoms with E-state index in [0.717, 1.165) is 12.2 Å². The number of hydrogen-bond acceptors (Lipinski definition) is 2. The number of para-hydroxylation sites is 1. The van der Waals surface area contributed by atoms with Crippen molar-refractivity contribution in [1.29, 1.82) is 0 Å². The number of allylic oxidation sites excluding steroid dienone is 4. The number of rotatable bonds is 4. The molecule has 2 nitrogen and oxygen atoms in total. The third-order valence-corrected chi connectivity index (χ3v) is 2.27. The van der Waals surface area contributed by atoms with Crippen molar-refractivity contribution in [1.82, 2.24) is 5.32 Å². The smallest absolute Gasteiger partial charge is 0.119 e. The molecule has 82 valence electrons. The average molecular weight is 213 g/mol. The van der Waals surface area contributed by atoms with Gasteiger partial charge in [-0.1, -0.05) is 30.4 Å². The number of ether oxygens (including phenoxy) is 1. The summed E-state index contributed by atoms with van der Waals surface area (Å²) in [7, 11) is 0. The summed E-state index contributed by atoms with van der Waals surface area (Å²) in [4.78, 5) is 0. The first kappa shape index (κ1) is 10.6. The van der Waals surface area contributed by atoms with Crippen LogP contribution in [0.5, 0.6) is 5.75 Å². The van der Waals surface area contributed by atoms with Crippen LogP contribution in [0.1, 0.15) is 6.42 Å². The van der Waals surface area contributed by atoms with Crippen molar-refractivity contribution in [2.75, 3.05) is 6.61 Å². The van der Waals surface area contributed by atoms with Crippen LogP contribution in [-0.2, 0) is 0 Å². The normalized spacial score (nSPS) is 13.9. The Labute approximate surface area is 95.9 Å². The van der Waals surface area contributed by atoms with Crippen molar-refractivity contribution in [3.63, 3.8) is 0 Å². The maximum absolute atomic E-state index is 5.62. The molecule has 0 fully saturated rings. The molecule has 0 radical (unpaired) electrons. The lowest BCUT2D eigenvalue weighted by atomic mass is 10.3. The third kappa shape index (κ3) is 3.31. The zero-order valence-electron chi connectivity index (χ0n) is 9.10. The lowest BCUT2D eigenvalue weighted by molar-refractivity contribution is 0.319. The van der Waals surface area contributed by atoms with Gasteiger partial charge in [0, 0.05) is 18.3 Å². The summed E-state index contributed by atoms with van der Waals surface area (Å²) in [5, 5.41) is 3.21. The van der Waals surface area contributed by atoms with Gasteiger partial charge in [0.2, 0.25) is 0 Å². The van der Waals surface area contributed by atoms with Crippen LogP contribution in [0.3, 0.4) is 0 Å². The second-order valence-corrected chi connectivity index (χ2v) is 3.49. The molecule has 0 saturated heterocycles. The summed E-state index contributed by atoms with van der Waals surface area (Å²) < 4.78 is 5.62. The minimum atomic E-state index is 0.685. The molecule has 1 aliphatic heterocycles. The Morgan fingerprint density at radius 1 is 1.00 bits per heavy atom. The molecule has 0 amide bonds. The monoisotopic (exact) mass is 213 g/mol. The first-order valence-electron chi connectivity index (χ1n) is 5.42. The first-order chi connectivity index (χ1) is 7.95. The summed E-state index contributed by atoms with van der Waals surface area (Å²) >= 11 is 0. The standard InChI is InChI=1S/C14H15NO/c1-4-8-14(9-5-1)16-12-10-13-7-3-2-6-11-15-13/h1-9,11,15H,10,12H2. The molecule has 0 atom stereocenters. The van der Waals surface area contributed by atoms with E-state index in [1.807, 2.05) is 54.8 Å². The van der Waals surface area contributed by atoms with E-state index in [1.54, 1.807) is 0 Å². The van der Waals surface area contributed by atoms with Gasteiger partial charge >= 0.3 is 0 Å². The lowest BCUT2D eigenvalue weighted by Crippen LogP contribution is -2.08. The van der Waals surface area contributed by atoms with Crippen LogP contribution in [0, 0.1) is 0 Å². The van der Waals surface area contributed by atoms with E-state index in [2.05, 4.69) is 11.4 Å². The molecule has 0 bridgehead atoms. The fraction of sp³-hybridized carbons (Fsp3) is 0.143. The Morgan fingerprint density at radius 3 is 2.75 bits per heavy atom. The Kier molecular flexibility index (Phi) is 3.83. The van der Waals surface area contributed by atoms with Crippen molar-refractivity contribution in [3.8, 4) is 5.75 Å². The molecule has 1 N–H and O–H groups in total. The topological polar surface area (TPSA) is 21.3 Å². The van der Waals surface area contributed by atoms with Gasteiger partial charge in [0.15, 0.2) is 0 Å². The van der Waals surface area contributed by atoms with Crippen LogP contribution in [0.4, 0.5) is 0 Å². The SMILES string of the molecule is C1=CC=C(CCOc2ccccc2)NC=C1. The van der Waals surface area contributed by atoms with Gasteiger partial charge in [-0.05, 0) is 24.3 Å². The molecule has 0 saturated carbocycles. The fourth-order valence-electron chi connectivity index (χ4n) is 1.45. The van der Waals surface area contributed by atoms with Crippen molar-refractivity contribution in [2.24, 2.45) is 0 Å². The van der Waals surface area contributed by atoms with Gasteiger partial charge in [0.05, 0.1) is 6.61 Å². The minimum Gasteiger partial charge on any atom is -0.493 e. The zero-order chi connectivity index (χ0) is 11.1. The highest BCUT2D eigenvalue weighted by atomic mass is 16.5. The molecule has 0 spiro atoms. The largest absolute Gasteiger partial charge is 0.493 e. The van der Waals surface area contributed by atoms with Crippen LogP contribution < -0.4 is 10.1 Å². The molecule has 1 aromatic carbocycles. The van der Waals surface area contributed by atoms with Gasteiger partial charge in [-0.25, -0.2) is 0 Å². The van der Waals surface area contributed by atoms with E-state index in [4.69, 9.17) is 4.74 Å². The van der Waals surface area contributed by atoms with Gasteiger partial charge in [-0.15, -0.1) is 0 Å². The predicted molar refractivity (Wildman–Crippen MR) is 66.1 cm³/mol. The highest BCUT2D eigenvalue weighted by Gasteiger charge is 1.96. The molecule has 1 aromatic rings. The molecule has 0 aromatic heterocycles. The molecule has 1 aliphatic rings. The van der Waals surface area contributed by atoms with Gasteiger partial charge in [-0.3, -0.25) is 0 Å². The van der Waals surface area contributed by atoms with Gasteiger partial charge in [0.1, 0.15) is 5.75 Å². The molecule has 1 heterocycles. The molecule has 16 heavy (non-hydrogen) atoms. The van der Waals surface area contributed by atoms with E-state index >= 15 is 0 Å². The number of hydrogen-bond donors (Lipinski definition) is 1. The Bertz CT molecular complexity index is 404. The number of nitrogens with one attached hydrogen (secondary N) is 1. The van der Waals surface area contributed by atoms with Gasteiger partial charge in [0.25, 0.3) is 0 Å². The second kappa shape index (κ2) is 5.81. The van der Waals surface area contributed by atoms with Crippen molar-refractivity contribution in [3.05, 3.63) is 66.5 Å². The van der Waals surface area contributed by atoms with Gasteiger partial charge in [-0.2, -0.15) is 0 Å². The number of benzene rings is 1. The molecule has 2 heteroatoms. The molecular formula is C14H15NO. The van der Waals surface area contributed by atoms with E-state index in [0.29, 0.717) is 6.61 Å². The Morgan fingerprint density at radius 2 is 1.88 bits per heavy atom. The van der Waals surface area contributed by atoms with Crippen molar-refractivity contribution >= 4 is 0 Å². The Balaban J connectivity index is 1.78. The molecule has 0 aliphatic carbocycles. The van der Waals surface area contributed by atoms with Crippen LogP contribution in [0.25, 0.3) is 0 Å². The fourth-order valence-corrected chi connectivity index (χ4v) is 1.45. The predicted octanol–water partition coefficient (Wildman–Crippen LogP) is 3.01. The van der Waals surface area contributed by atoms with Crippen molar-refractivity contribution < 1.29 is 4.74 Å². The van der Waals surface area contributed by atoms with E-state index in [9.17, 15) is 0 Å². The quantitative estimate of drug-likeness (QED) is 0.830. The summed E-state index contributed by atoms with van der Waals surface area (Å²) in [5.74, 6) is 0.919. The van der Waals surface area contributed by atoms with Crippen LogP contribution >= 0.6 is 0 Å². The lowest BCUT2D eigenvalue weighted by Gasteiger charge is -2.08. The molecule has 2 rings (SSSR count). The second-order valence-electron chi connectivity index (χ2n) is 3.49.